The monoisotopic (exact) mass is 498 g/mol. The van der Waals surface area contributed by atoms with Crippen molar-refractivity contribution in [3.05, 3.63) is 12.2 Å². The second-order valence-electron chi connectivity index (χ2n) is 11.5. The molecule has 3 nitrogen and oxygen atoms in total. The summed E-state index contributed by atoms with van der Waals surface area (Å²) in [5.74, 6) is 0. The third kappa shape index (κ3) is 16.4. The van der Waals surface area contributed by atoms with E-state index in [9.17, 15) is 9.46 Å². The SMILES string of the molecule is CCCCCC/C=C\CCCCCCCCCCCCCCCC(CCC)([P+](=O)[O-])[N+](C)(C)C. The van der Waals surface area contributed by atoms with E-state index < -0.39 is 13.3 Å². The Balaban J connectivity index is 3.54. The highest BCUT2D eigenvalue weighted by Crippen LogP contribution is 2.45. The smallest absolute Gasteiger partial charge is 0.376 e. The van der Waals surface area contributed by atoms with Gasteiger partial charge >= 0.3 is 8.03 Å². The highest BCUT2D eigenvalue weighted by atomic mass is 31.1. The van der Waals surface area contributed by atoms with Crippen LogP contribution in [0.25, 0.3) is 0 Å². The van der Waals surface area contributed by atoms with Crippen LogP contribution in [0.15, 0.2) is 12.2 Å². The van der Waals surface area contributed by atoms with Gasteiger partial charge in [0.05, 0.1) is 21.1 Å². The fourth-order valence-corrected chi connectivity index (χ4v) is 6.40. The lowest BCUT2D eigenvalue weighted by atomic mass is 9.99. The van der Waals surface area contributed by atoms with Crippen molar-refractivity contribution in [1.82, 2.24) is 0 Å². The minimum atomic E-state index is -2.42. The van der Waals surface area contributed by atoms with Crippen LogP contribution in [-0.2, 0) is 4.57 Å². The lowest BCUT2D eigenvalue weighted by molar-refractivity contribution is -0.910. The van der Waals surface area contributed by atoms with Crippen molar-refractivity contribution in [1.29, 1.82) is 0 Å². The zero-order chi connectivity index (χ0) is 25.5. The van der Waals surface area contributed by atoms with Gasteiger partial charge in [0.2, 0.25) is 0 Å². The summed E-state index contributed by atoms with van der Waals surface area (Å²) in [4.78, 5) is 12.1. The lowest BCUT2D eigenvalue weighted by Crippen LogP contribution is -2.55. The summed E-state index contributed by atoms with van der Waals surface area (Å²) in [5.41, 5.74) is 0. The van der Waals surface area contributed by atoms with Crippen molar-refractivity contribution >= 4 is 8.03 Å². The maximum absolute atomic E-state index is 12.1. The second kappa shape index (κ2) is 22.0. The van der Waals surface area contributed by atoms with Crippen molar-refractivity contribution in [2.75, 3.05) is 21.1 Å². The van der Waals surface area contributed by atoms with Crippen molar-refractivity contribution in [2.45, 2.75) is 160 Å². The van der Waals surface area contributed by atoms with Gasteiger partial charge in [0, 0.05) is 12.8 Å². The van der Waals surface area contributed by atoms with Crippen molar-refractivity contribution < 1.29 is 13.9 Å². The normalized spacial score (nSPS) is 14.6. The number of unbranched alkanes of at least 4 members (excludes halogenated alkanes) is 17. The van der Waals surface area contributed by atoms with E-state index in [0.717, 1.165) is 25.7 Å². The standard InChI is InChI=1S/C30H61NO2P/c1-6-8-9-10-11-12-13-14-15-16-17-18-19-20-21-22-23-24-25-26-27-29-30(28-7-2,34(32)33)31(3,4)5/h12-13H,6-11,14-29H2,1-5H3/q+1/b13-12-. The third-order valence-corrected chi connectivity index (χ3v) is 9.30. The van der Waals surface area contributed by atoms with Crippen LogP contribution in [0.5, 0.6) is 0 Å². The van der Waals surface area contributed by atoms with Crippen molar-refractivity contribution in [3.63, 3.8) is 0 Å². The van der Waals surface area contributed by atoms with Gasteiger partial charge in [-0.3, -0.25) is 4.48 Å². The van der Waals surface area contributed by atoms with Crippen LogP contribution in [0.1, 0.15) is 155 Å². The van der Waals surface area contributed by atoms with Crippen LogP contribution in [0.2, 0.25) is 0 Å². The van der Waals surface area contributed by atoms with Crippen LogP contribution >= 0.6 is 8.03 Å². The quantitative estimate of drug-likeness (QED) is 0.0544. The van der Waals surface area contributed by atoms with E-state index in [2.05, 4.69) is 26.0 Å². The van der Waals surface area contributed by atoms with Crippen LogP contribution in [0.3, 0.4) is 0 Å². The first kappa shape index (κ1) is 33.8. The van der Waals surface area contributed by atoms with Crippen molar-refractivity contribution in [2.24, 2.45) is 0 Å². The first-order valence-electron chi connectivity index (χ1n) is 14.9. The summed E-state index contributed by atoms with van der Waals surface area (Å²) in [5, 5.41) is -0.589. The summed E-state index contributed by atoms with van der Waals surface area (Å²) in [6.07, 6.45) is 32.6. The molecule has 2 atom stereocenters. The average Bonchev–Trinajstić information content (AvgIpc) is 2.78. The number of hydrogen-bond donors (Lipinski definition) is 0. The van der Waals surface area contributed by atoms with Crippen LogP contribution in [0, 0.1) is 0 Å². The molecule has 34 heavy (non-hydrogen) atoms. The zero-order valence-corrected chi connectivity index (χ0v) is 24.8. The molecule has 0 N–H and O–H groups in total. The Kier molecular flexibility index (Phi) is 21.8. The van der Waals surface area contributed by atoms with E-state index in [1.54, 1.807) is 0 Å². The molecule has 202 valence electrons. The van der Waals surface area contributed by atoms with Crippen molar-refractivity contribution in [3.8, 4) is 0 Å². The summed E-state index contributed by atoms with van der Waals surface area (Å²) < 4.78 is 12.6. The Morgan fingerprint density at radius 2 is 0.971 bits per heavy atom. The zero-order valence-electron chi connectivity index (χ0n) is 23.9. The molecule has 0 aromatic rings. The molecule has 0 aliphatic heterocycles. The predicted octanol–water partition coefficient (Wildman–Crippen LogP) is 9.67. The van der Waals surface area contributed by atoms with E-state index in [4.69, 9.17) is 0 Å². The molecule has 0 bridgehead atoms. The van der Waals surface area contributed by atoms with Gasteiger partial charge in [-0.15, -0.1) is 0 Å². The van der Waals surface area contributed by atoms with E-state index in [1.807, 2.05) is 21.1 Å². The third-order valence-electron chi connectivity index (χ3n) is 7.58. The van der Waals surface area contributed by atoms with Gasteiger partial charge in [0.15, 0.2) is 0 Å². The molecule has 0 rings (SSSR count). The molecule has 0 fully saturated rings. The largest absolute Gasteiger partial charge is 0.590 e. The van der Waals surface area contributed by atoms with Gasteiger partial charge in [-0.25, -0.2) is 0 Å². The molecule has 0 saturated heterocycles. The van der Waals surface area contributed by atoms with E-state index in [0.29, 0.717) is 4.48 Å². The maximum Gasteiger partial charge on any atom is 0.376 e. The number of nitrogens with zero attached hydrogens (tertiary/aromatic N) is 1. The molecule has 0 saturated carbocycles. The van der Waals surface area contributed by atoms with E-state index in [-0.39, 0.29) is 0 Å². The Morgan fingerprint density at radius 3 is 1.32 bits per heavy atom. The topological polar surface area (TPSA) is 40.1 Å². The molecule has 0 aromatic heterocycles. The second-order valence-corrected chi connectivity index (χ2v) is 12.8. The van der Waals surface area contributed by atoms with Gasteiger partial charge in [-0.2, -0.15) is 0 Å². The Hall–Kier alpha value is -0.240. The minimum Gasteiger partial charge on any atom is -0.590 e. The van der Waals surface area contributed by atoms with Gasteiger partial charge in [-0.05, 0) is 38.5 Å². The Bertz CT molecular complexity index is 501. The molecule has 0 spiro atoms. The fraction of sp³-hybridized carbons (Fsp3) is 0.933. The molecule has 0 amide bonds. The highest BCUT2D eigenvalue weighted by molar-refractivity contribution is 7.38. The summed E-state index contributed by atoms with van der Waals surface area (Å²) in [7, 11) is 3.69. The molecule has 0 aromatic carbocycles. The fourth-order valence-electron chi connectivity index (χ4n) is 5.16. The van der Waals surface area contributed by atoms with E-state index in [1.165, 1.54) is 116 Å². The first-order chi connectivity index (χ1) is 16.3. The number of allylic oxidation sites excluding steroid dienone is 2. The number of hydrogen-bond acceptors (Lipinski definition) is 2. The predicted molar refractivity (Wildman–Crippen MR) is 150 cm³/mol. The molecule has 4 heteroatoms. The summed E-state index contributed by atoms with van der Waals surface area (Å²) >= 11 is 0. The molecule has 2 unspecified atom stereocenters. The lowest BCUT2D eigenvalue weighted by Gasteiger charge is -2.39. The Morgan fingerprint density at radius 1 is 0.588 bits per heavy atom. The molecule has 0 aliphatic carbocycles. The van der Waals surface area contributed by atoms with Crippen LogP contribution in [-0.4, -0.2) is 30.9 Å². The van der Waals surface area contributed by atoms with Gasteiger partial charge < -0.3 is 4.89 Å². The molecular weight excluding hydrogens is 437 g/mol. The van der Waals surface area contributed by atoms with E-state index >= 15 is 0 Å². The summed E-state index contributed by atoms with van der Waals surface area (Å²) in [6, 6.07) is 0. The Labute approximate surface area is 215 Å². The molecular formula is C30H61NO2P+. The number of rotatable bonds is 25. The average molecular weight is 499 g/mol. The van der Waals surface area contributed by atoms with Gasteiger partial charge in [0.25, 0.3) is 5.28 Å². The van der Waals surface area contributed by atoms with Crippen LogP contribution in [0.4, 0.5) is 0 Å². The molecule has 0 aliphatic rings. The van der Waals surface area contributed by atoms with Gasteiger partial charge in [0.1, 0.15) is 0 Å². The molecule has 0 radical (unpaired) electrons. The minimum absolute atomic E-state index is 0.524. The van der Waals surface area contributed by atoms with Gasteiger partial charge in [-0.1, -0.05) is 120 Å². The highest BCUT2D eigenvalue weighted by Gasteiger charge is 2.53. The molecule has 0 heterocycles. The number of quaternary nitrogens is 1. The maximum atomic E-state index is 12.1. The first-order valence-corrected chi connectivity index (χ1v) is 16.1. The summed E-state index contributed by atoms with van der Waals surface area (Å²) in [6.45, 7) is 4.37. The van der Waals surface area contributed by atoms with Crippen LogP contribution < -0.4 is 4.89 Å².